The van der Waals surface area contributed by atoms with E-state index >= 15 is 0 Å². The van der Waals surface area contributed by atoms with Crippen molar-refractivity contribution in [2.45, 2.75) is 26.2 Å². The summed E-state index contributed by atoms with van der Waals surface area (Å²) in [7, 11) is -3.32. The van der Waals surface area contributed by atoms with E-state index in [1.807, 2.05) is 31.2 Å². The van der Waals surface area contributed by atoms with E-state index in [9.17, 15) is 13.2 Å². The molecule has 0 aliphatic carbocycles. The largest absolute Gasteiger partial charge is 0.323 e. The summed E-state index contributed by atoms with van der Waals surface area (Å²) in [6.45, 7) is 2.43. The molecule has 0 saturated heterocycles. The van der Waals surface area contributed by atoms with Crippen LogP contribution in [0.15, 0.2) is 48.5 Å². The molecule has 7 heteroatoms. The third kappa shape index (κ3) is 4.16. The lowest BCUT2D eigenvalue weighted by Gasteiger charge is -2.20. The van der Waals surface area contributed by atoms with Gasteiger partial charge in [-0.2, -0.15) is 0 Å². The number of rotatable bonds is 6. The van der Waals surface area contributed by atoms with Gasteiger partial charge in [0.25, 0.3) is 0 Å². The molecule has 138 valence electrons. The minimum atomic E-state index is -3.32. The number of urea groups is 1. The molecule has 0 aromatic heterocycles. The Bertz CT molecular complexity index is 882. The predicted octanol–water partition coefficient (Wildman–Crippen LogP) is 3.82. The minimum Gasteiger partial charge on any atom is -0.308 e. The van der Waals surface area contributed by atoms with E-state index < -0.39 is 10.0 Å². The Balaban J connectivity index is 1.74. The van der Waals surface area contributed by atoms with E-state index in [-0.39, 0.29) is 11.8 Å². The molecule has 1 heterocycles. The first kappa shape index (κ1) is 18.3. The topological polar surface area (TPSA) is 78.5 Å². The Kier molecular flexibility index (Phi) is 5.46. The van der Waals surface area contributed by atoms with Gasteiger partial charge in [0, 0.05) is 17.9 Å². The molecule has 0 fully saturated rings. The third-order valence-electron chi connectivity index (χ3n) is 4.32. The van der Waals surface area contributed by atoms with Crippen LogP contribution in [0.3, 0.4) is 0 Å². The number of carbonyl (C=O) groups is 1. The van der Waals surface area contributed by atoms with Crippen LogP contribution < -0.4 is 14.9 Å². The lowest BCUT2D eigenvalue weighted by Crippen LogP contribution is -2.31. The number of hydrogen-bond donors (Lipinski definition) is 2. The predicted molar refractivity (Wildman–Crippen MR) is 105 cm³/mol. The first-order valence-corrected chi connectivity index (χ1v) is 10.4. The Morgan fingerprint density at radius 3 is 2.54 bits per heavy atom. The summed E-state index contributed by atoms with van der Waals surface area (Å²) in [5, 5.41) is 5.51. The van der Waals surface area contributed by atoms with Crippen molar-refractivity contribution in [1.29, 1.82) is 0 Å². The van der Waals surface area contributed by atoms with Crippen molar-refractivity contribution in [2.24, 2.45) is 0 Å². The van der Waals surface area contributed by atoms with Crippen LogP contribution in [0.25, 0.3) is 0 Å². The van der Waals surface area contributed by atoms with Crippen molar-refractivity contribution >= 4 is 33.1 Å². The maximum absolute atomic E-state index is 12.6. The smallest absolute Gasteiger partial charge is 0.308 e. The number of nitrogens with zero attached hydrogens (tertiary/aromatic N) is 1. The van der Waals surface area contributed by atoms with Crippen LogP contribution in [0.1, 0.15) is 25.3 Å². The maximum Gasteiger partial charge on any atom is 0.323 e. The Morgan fingerprint density at radius 2 is 1.81 bits per heavy atom. The number of anilines is 3. The molecule has 3 rings (SSSR count). The molecule has 0 spiro atoms. The average molecular weight is 373 g/mol. The zero-order valence-electron chi connectivity index (χ0n) is 14.7. The van der Waals surface area contributed by atoms with Crippen LogP contribution in [0.5, 0.6) is 0 Å². The van der Waals surface area contributed by atoms with Gasteiger partial charge in [-0.05, 0) is 42.7 Å². The fourth-order valence-corrected chi connectivity index (χ4v) is 4.68. The van der Waals surface area contributed by atoms with E-state index in [0.717, 1.165) is 12.0 Å². The van der Waals surface area contributed by atoms with Crippen molar-refractivity contribution < 1.29 is 13.2 Å². The van der Waals surface area contributed by atoms with E-state index in [1.165, 1.54) is 4.31 Å². The highest BCUT2D eigenvalue weighted by molar-refractivity contribution is 7.92. The lowest BCUT2D eigenvalue weighted by molar-refractivity contribution is 0.262. The Labute approximate surface area is 154 Å². The summed E-state index contributed by atoms with van der Waals surface area (Å²) >= 11 is 0. The summed E-state index contributed by atoms with van der Waals surface area (Å²) in [6, 6.07) is 14.2. The quantitative estimate of drug-likeness (QED) is 0.808. The van der Waals surface area contributed by atoms with E-state index in [2.05, 4.69) is 10.6 Å². The number of sulfonamides is 1. The van der Waals surface area contributed by atoms with Gasteiger partial charge in [0.05, 0.1) is 11.4 Å². The molecule has 0 saturated carbocycles. The zero-order chi connectivity index (χ0) is 18.6. The lowest BCUT2D eigenvalue weighted by atomic mass is 10.1. The SMILES string of the molecule is CCCCS(=O)(=O)N1CCc2ccc(NC(=O)Nc3ccccc3)cc21. The molecule has 1 aliphatic rings. The summed E-state index contributed by atoms with van der Waals surface area (Å²) in [6.07, 6.45) is 2.17. The molecule has 0 unspecified atom stereocenters. The van der Waals surface area contributed by atoms with Crippen LogP contribution in [0.4, 0.5) is 21.9 Å². The molecule has 2 aromatic rings. The monoisotopic (exact) mass is 373 g/mol. The van der Waals surface area contributed by atoms with Gasteiger partial charge in [0.1, 0.15) is 0 Å². The third-order valence-corrected chi connectivity index (χ3v) is 6.17. The Hall–Kier alpha value is -2.54. The van der Waals surface area contributed by atoms with E-state index in [0.29, 0.717) is 36.4 Å². The molecule has 1 aliphatic heterocycles. The van der Waals surface area contributed by atoms with Gasteiger partial charge in [0.15, 0.2) is 0 Å². The average Bonchev–Trinajstić information content (AvgIpc) is 3.05. The molecule has 26 heavy (non-hydrogen) atoms. The number of nitrogens with one attached hydrogen (secondary N) is 2. The molecule has 2 aromatic carbocycles. The van der Waals surface area contributed by atoms with Crippen LogP contribution in [0, 0.1) is 0 Å². The number of benzene rings is 2. The van der Waals surface area contributed by atoms with E-state index in [1.54, 1.807) is 24.3 Å². The summed E-state index contributed by atoms with van der Waals surface area (Å²) < 4.78 is 26.6. The second kappa shape index (κ2) is 7.78. The molecule has 0 atom stereocenters. The van der Waals surface area contributed by atoms with Crippen LogP contribution in [0.2, 0.25) is 0 Å². The van der Waals surface area contributed by atoms with Gasteiger partial charge < -0.3 is 10.6 Å². The molecular formula is C19H23N3O3S. The van der Waals surface area contributed by atoms with Crippen molar-refractivity contribution in [2.75, 3.05) is 27.2 Å². The summed E-state index contributed by atoms with van der Waals surface area (Å²) in [5.41, 5.74) is 2.91. The second-order valence-corrected chi connectivity index (χ2v) is 8.29. The number of fused-ring (bicyclic) bond motifs is 1. The molecular weight excluding hydrogens is 350 g/mol. The molecule has 0 bridgehead atoms. The fraction of sp³-hybridized carbons (Fsp3) is 0.316. The Morgan fingerprint density at radius 1 is 1.08 bits per heavy atom. The van der Waals surface area contributed by atoms with Crippen molar-refractivity contribution in [3.8, 4) is 0 Å². The molecule has 6 nitrogen and oxygen atoms in total. The van der Waals surface area contributed by atoms with Crippen molar-refractivity contribution in [3.05, 3.63) is 54.1 Å². The second-order valence-electron chi connectivity index (χ2n) is 6.28. The highest BCUT2D eigenvalue weighted by Crippen LogP contribution is 2.33. The van der Waals surface area contributed by atoms with Gasteiger partial charge in [-0.15, -0.1) is 0 Å². The standard InChI is InChI=1S/C19H23N3O3S/c1-2-3-13-26(24,25)22-12-11-15-9-10-17(14-18(15)22)21-19(23)20-16-7-5-4-6-8-16/h4-10,14H,2-3,11-13H2,1H3,(H2,20,21,23). The fourth-order valence-electron chi connectivity index (χ4n) is 2.97. The molecule has 2 N–H and O–H groups in total. The van der Waals surface area contributed by atoms with Crippen LogP contribution in [-0.2, 0) is 16.4 Å². The van der Waals surface area contributed by atoms with Crippen molar-refractivity contribution in [1.82, 2.24) is 0 Å². The van der Waals surface area contributed by atoms with Crippen LogP contribution in [-0.4, -0.2) is 26.7 Å². The highest BCUT2D eigenvalue weighted by Gasteiger charge is 2.29. The zero-order valence-corrected chi connectivity index (χ0v) is 15.6. The summed E-state index contributed by atoms with van der Waals surface area (Å²) in [5.74, 6) is 0.148. The first-order chi connectivity index (χ1) is 12.5. The van der Waals surface area contributed by atoms with Gasteiger partial charge in [-0.25, -0.2) is 13.2 Å². The first-order valence-electron chi connectivity index (χ1n) is 8.76. The highest BCUT2D eigenvalue weighted by atomic mass is 32.2. The van der Waals surface area contributed by atoms with Gasteiger partial charge in [-0.3, -0.25) is 4.31 Å². The summed E-state index contributed by atoms with van der Waals surface area (Å²) in [4.78, 5) is 12.1. The molecule has 0 radical (unpaired) electrons. The molecule has 2 amide bonds. The van der Waals surface area contributed by atoms with E-state index in [4.69, 9.17) is 0 Å². The number of carbonyl (C=O) groups excluding carboxylic acids is 1. The maximum atomic E-state index is 12.6. The number of amides is 2. The van der Waals surface area contributed by atoms with Gasteiger partial charge in [0.2, 0.25) is 10.0 Å². The van der Waals surface area contributed by atoms with Gasteiger partial charge >= 0.3 is 6.03 Å². The van der Waals surface area contributed by atoms with Gasteiger partial charge in [-0.1, -0.05) is 37.6 Å². The van der Waals surface area contributed by atoms with Crippen LogP contribution >= 0.6 is 0 Å². The normalized spacial score (nSPS) is 13.3. The van der Waals surface area contributed by atoms with Crippen molar-refractivity contribution in [3.63, 3.8) is 0 Å². The minimum absolute atomic E-state index is 0.148. The number of unbranched alkanes of at least 4 members (excludes halogenated alkanes) is 1. The number of para-hydroxylation sites is 1. The number of hydrogen-bond acceptors (Lipinski definition) is 3.